The van der Waals surface area contributed by atoms with E-state index in [1.165, 1.54) is 0 Å². The molecule has 0 aromatic heterocycles. The van der Waals surface area contributed by atoms with Crippen LogP contribution in [0, 0.1) is 5.92 Å². The van der Waals surface area contributed by atoms with Crippen LogP contribution in [0.25, 0.3) is 0 Å². The number of rotatable bonds is 6. The van der Waals surface area contributed by atoms with Crippen LogP contribution in [0.3, 0.4) is 0 Å². The van der Waals surface area contributed by atoms with Gasteiger partial charge in [0.25, 0.3) is 0 Å². The summed E-state index contributed by atoms with van der Waals surface area (Å²) >= 11 is 0. The van der Waals surface area contributed by atoms with Crippen LogP contribution >= 0.6 is 0 Å². The monoisotopic (exact) mass is 187 g/mol. The molecule has 3 nitrogen and oxygen atoms in total. The van der Waals surface area contributed by atoms with Gasteiger partial charge in [0.2, 0.25) is 5.91 Å². The van der Waals surface area contributed by atoms with Crippen molar-refractivity contribution in [2.75, 3.05) is 6.61 Å². The molecule has 0 saturated carbocycles. The lowest BCUT2D eigenvalue weighted by Crippen LogP contribution is -2.40. The Hall–Kier alpha value is -0.570. The van der Waals surface area contributed by atoms with Crippen molar-refractivity contribution in [3.8, 4) is 0 Å². The van der Waals surface area contributed by atoms with Gasteiger partial charge in [0.1, 0.15) is 0 Å². The maximum Gasteiger partial charge on any atom is 0.223 e. The van der Waals surface area contributed by atoms with Gasteiger partial charge in [0, 0.05) is 5.92 Å². The zero-order chi connectivity index (χ0) is 10.3. The molecule has 0 aliphatic heterocycles. The van der Waals surface area contributed by atoms with Crippen LogP contribution < -0.4 is 5.32 Å². The highest BCUT2D eigenvalue weighted by atomic mass is 16.3. The van der Waals surface area contributed by atoms with Crippen molar-refractivity contribution in [3.63, 3.8) is 0 Å². The van der Waals surface area contributed by atoms with Crippen LogP contribution in [-0.4, -0.2) is 23.7 Å². The largest absolute Gasteiger partial charge is 0.394 e. The predicted molar refractivity (Wildman–Crippen MR) is 53.4 cm³/mol. The second-order valence-electron chi connectivity index (χ2n) is 3.31. The minimum absolute atomic E-state index is 0.0301. The Bertz CT molecular complexity index is 140. The van der Waals surface area contributed by atoms with Crippen molar-refractivity contribution in [2.45, 2.75) is 46.1 Å². The molecule has 0 radical (unpaired) electrons. The van der Waals surface area contributed by atoms with Gasteiger partial charge in [-0.15, -0.1) is 0 Å². The number of hydrogen-bond acceptors (Lipinski definition) is 2. The highest BCUT2D eigenvalue weighted by Crippen LogP contribution is 2.07. The highest BCUT2D eigenvalue weighted by molar-refractivity contribution is 5.78. The van der Waals surface area contributed by atoms with Gasteiger partial charge in [-0.2, -0.15) is 0 Å². The lowest BCUT2D eigenvalue weighted by Gasteiger charge is -2.18. The van der Waals surface area contributed by atoms with E-state index in [4.69, 9.17) is 5.11 Å². The first-order valence-electron chi connectivity index (χ1n) is 5.10. The molecule has 0 aromatic rings. The molecule has 0 aromatic carbocycles. The summed E-state index contributed by atoms with van der Waals surface area (Å²) < 4.78 is 0. The summed E-state index contributed by atoms with van der Waals surface area (Å²) in [5.41, 5.74) is 0. The minimum atomic E-state index is -0.0758. The number of aliphatic hydroxyl groups excluding tert-OH is 1. The molecule has 3 heteroatoms. The van der Waals surface area contributed by atoms with E-state index in [1.54, 1.807) is 0 Å². The van der Waals surface area contributed by atoms with Crippen molar-refractivity contribution >= 4 is 5.91 Å². The van der Waals surface area contributed by atoms with Crippen LogP contribution in [0.2, 0.25) is 0 Å². The van der Waals surface area contributed by atoms with Crippen LogP contribution in [0.4, 0.5) is 0 Å². The smallest absolute Gasteiger partial charge is 0.223 e. The Morgan fingerprint density at radius 2 is 1.77 bits per heavy atom. The fraction of sp³-hybridized carbons (Fsp3) is 0.900. The van der Waals surface area contributed by atoms with Gasteiger partial charge in [0.15, 0.2) is 0 Å². The molecule has 2 N–H and O–H groups in total. The number of carbonyl (C=O) groups excluding carboxylic acids is 1. The number of hydrogen-bond donors (Lipinski definition) is 2. The molecule has 0 unspecified atom stereocenters. The van der Waals surface area contributed by atoms with Crippen molar-refractivity contribution in [1.29, 1.82) is 0 Å². The summed E-state index contributed by atoms with van der Waals surface area (Å²) in [6.07, 6.45) is 2.51. The molecule has 13 heavy (non-hydrogen) atoms. The summed E-state index contributed by atoms with van der Waals surface area (Å²) in [5.74, 6) is 0.173. The van der Waals surface area contributed by atoms with E-state index in [2.05, 4.69) is 5.32 Å². The van der Waals surface area contributed by atoms with Gasteiger partial charge in [-0.05, 0) is 19.3 Å². The fourth-order valence-electron chi connectivity index (χ4n) is 1.26. The Morgan fingerprint density at radius 1 is 1.23 bits per heavy atom. The zero-order valence-electron chi connectivity index (χ0n) is 8.84. The molecular weight excluding hydrogens is 166 g/mol. The minimum Gasteiger partial charge on any atom is -0.394 e. The standard InChI is InChI=1S/C10H21NO2/c1-4-8(5-2)10(13)11-9(6-3)7-12/h8-9,12H,4-7H2,1-3H3,(H,11,13)/t9-/m0/s1. The molecule has 0 fully saturated rings. The van der Waals surface area contributed by atoms with Crippen LogP contribution in [-0.2, 0) is 4.79 Å². The van der Waals surface area contributed by atoms with Gasteiger partial charge in [0.05, 0.1) is 12.6 Å². The van der Waals surface area contributed by atoms with Crippen molar-refractivity contribution in [3.05, 3.63) is 0 Å². The maximum atomic E-state index is 11.5. The molecule has 0 spiro atoms. The topological polar surface area (TPSA) is 49.3 Å². The van der Waals surface area contributed by atoms with Gasteiger partial charge in [-0.3, -0.25) is 4.79 Å². The van der Waals surface area contributed by atoms with Crippen LogP contribution in [0.15, 0.2) is 0 Å². The van der Waals surface area contributed by atoms with Crippen molar-refractivity contribution in [2.24, 2.45) is 5.92 Å². The van der Waals surface area contributed by atoms with E-state index in [0.717, 1.165) is 19.3 Å². The van der Waals surface area contributed by atoms with Crippen molar-refractivity contribution < 1.29 is 9.90 Å². The van der Waals surface area contributed by atoms with E-state index < -0.39 is 0 Å². The Balaban J connectivity index is 3.95. The predicted octanol–water partition coefficient (Wildman–Crippen LogP) is 1.31. The summed E-state index contributed by atoms with van der Waals surface area (Å²) in [5, 5.41) is 11.7. The summed E-state index contributed by atoms with van der Waals surface area (Å²) in [6, 6.07) is -0.0758. The second kappa shape index (κ2) is 6.89. The summed E-state index contributed by atoms with van der Waals surface area (Å²) in [6.45, 7) is 6.00. The number of aliphatic hydroxyl groups is 1. The summed E-state index contributed by atoms with van der Waals surface area (Å²) in [7, 11) is 0. The third kappa shape index (κ3) is 4.27. The molecule has 0 rings (SSSR count). The Labute approximate surface area is 80.5 Å². The number of nitrogens with one attached hydrogen (secondary N) is 1. The molecule has 1 amide bonds. The van der Waals surface area contributed by atoms with E-state index in [9.17, 15) is 4.79 Å². The average molecular weight is 187 g/mol. The van der Waals surface area contributed by atoms with Gasteiger partial charge in [-0.1, -0.05) is 20.8 Å². The highest BCUT2D eigenvalue weighted by Gasteiger charge is 2.16. The number of amides is 1. The molecule has 0 heterocycles. The first kappa shape index (κ1) is 12.4. The summed E-state index contributed by atoms with van der Waals surface area (Å²) in [4.78, 5) is 11.5. The average Bonchev–Trinajstić information content (AvgIpc) is 2.16. The maximum absolute atomic E-state index is 11.5. The third-order valence-corrected chi connectivity index (χ3v) is 2.42. The second-order valence-corrected chi connectivity index (χ2v) is 3.31. The Morgan fingerprint density at radius 3 is 2.08 bits per heavy atom. The van der Waals surface area contributed by atoms with E-state index in [1.807, 2.05) is 20.8 Å². The van der Waals surface area contributed by atoms with E-state index >= 15 is 0 Å². The molecule has 78 valence electrons. The first-order chi connectivity index (χ1) is 6.19. The molecule has 0 aliphatic carbocycles. The molecule has 0 saturated heterocycles. The number of carbonyl (C=O) groups is 1. The van der Waals surface area contributed by atoms with Gasteiger partial charge >= 0.3 is 0 Å². The Kier molecular flexibility index (Phi) is 6.59. The fourth-order valence-corrected chi connectivity index (χ4v) is 1.26. The SMILES string of the molecule is CCC(CC)C(=O)N[C@@H](CC)CO. The third-order valence-electron chi connectivity index (χ3n) is 2.42. The molecule has 1 atom stereocenters. The molecule has 0 aliphatic rings. The first-order valence-corrected chi connectivity index (χ1v) is 5.10. The van der Waals surface area contributed by atoms with E-state index in [-0.39, 0.29) is 24.5 Å². The van der Waals surface area contributed by atoms with Crippen LogP contribution in [0.1, 0.15) is 40.0 Å². The molecular formula is C10H21NO2. The van der Waals surface area contributed by atoms with Crippen LogP contribution in [0.5, 0.6) is 0 Å². The van der Waals surface area contributed by atoms with Crippen molar-refractivity contribution in [1.82, 2.24) is 5.32 Å². The van der Waals surface area contributed by atoms with Gasteiger partial charge < -0.3 is 10.4 Å². The van der Waals surface area contributed by atoms with E-state index in [0.29, 0.717) is 0 Å². The normalized spacial score (nSPS) is 13.0. The zero-order valence-corrected chi connectivity index (χ0v) is 8.84. The molecule has 0 bridgehead atoms. The van der Waals surface area contributed by atoms with Gasteiger partial charge in [-0.25, -0.2) is 0 Å². The lowest BCUT2D eigenvalue weighted by atomic mass is 10.0. The quantitative estimate of drug-likeness (QED) is 0.658. The lowest BCUT2D eigenvalue weighted by molar-refractivity contribution is -0.126.